The van der Waals surface area contributed by atoms with Crippen LogP contribution >= 0.6 is 11.3 Å². The molecule has 0 amide bonds. The van der Waals surface area contributed by atoms with E-state index in [-0.39, 0.29) is 0 Å². The van der Waals surface area contributed by atoms with Crippen molar-refractivity contribution < 1.29 is 0 Å². The zero-order valence-corrected chi connectivity index (χ0v) is 14.0. The topological polar surface area (TPSA) is 28.2 Å². The van der Waals surface area contributed by atoms with Crippen molar-refractivity contribution in [2.75, 3.05) is 19.6 Å². The van der Waals surface area contributed by atoms with Gasteiger partial charge >= 0.3 is 0 Å². The van der Waals surface area contributed by atoms with Crippen LogP contribution < -0.4 is 5.32 Å². The van der Waals surface area contributed by atoms with Gasteiger partial charge in [0, 0.05) is 43.2 Å². The van der Waals surface area contributed by atoms with Gasteiger partial charge in [0.25, 0.3) is 0 Å². The summed E-state index contributed by atoms with van der Waals surface area (Å²) in [7, 11) is 0. The fourth-order valence-corrected chi connectivity index (χ4v) is 3.57. The van der Waals surface area contributed by atoms with Gasteiger partial charge in [-0.1, -0.05) is 13.8 Å². The molecule has 0 saturated carbocycles. The van der Waals surface area contributed by atoms with Crippen molar-refractivity contribution in [3.63, 3.8) is 0 Å². The Bertz CT molecular complexity index is 391. The molecule has 114 valence electrons. The molecule has 2 unspecified atom stereocenters. The Labute approximate surface area is 127 Å². The molecule has 1 aromatic rings. The lowest BCUT2D eigenvalue weighted by Crippen LogP contribution is -2.35. The van der Waals surface area contributed by atoms with Crippen LogP contribution in [0.1, 0.15) is 49.9 Å². The Morgan fingerprint density at radius 2 is 2.40 bits per heavy atom. The van der Waals surface area contributed by atoms with E-state index < -0.39 is 0 Å². The molecule has 0 aliphatic carbocycles. The molecule has 2 heterocycles. The monoisotopic (exact) mass is 295 g/mol. The molecule has 2 atom stereocenters. The number of piperidine rings is 1. The Kier molecular flexibility index (Phi) is 6.46. The molecule has 2 rings (SSSR count). The number of hydrogen-bond donors (Lipinski definition) is 1. The van der Waals surface area contributed by atoms with Crippen molar-refractivity contribution in [2.24, 2.45) is 5.92 Å². The number of aromatic nitrogens is 1. The van der Waals surface area contributed by atoms with Crippen molar-refractivity contribution in [3.8, 4) is 0 Å². The van der Waals surface area contributed by atoms with Crippen LogP contribution in [0.4, 0.5) is 0 Å². The first-order chi connectivity index (χ1) is 9.67. The first-order valence-corrected chi connectivity index (χ1v) is 8.88. The summed E-state index contributed by atoms with van der Waals surface area (Å²) in [6.07, 6.45) is 7.11. The number of nitrogens with one attached hydrogen (secondary N) is 1. The maximum Gasteiger partial charge on any atom is 0.0940 e. The van der Waals surface area contributed by atoms with Gasteiger partial charge in [0.15, 0.2) is 0 Å². The second-order valence-electron chi connectivity index (χ2n) is 6.21. The maximum atomic E-state index is 4.58. The zero-order chi connectivity index (χ0) is 14.4. The Balaban J connectivity index is 1.72. The average molecular weight is 295 g/mol. The van der Waals surface area contributed by atoms with Gasteiger partial charge in [0.05, 0.1) is 5.01 Å². The minimum Gasteiger partial charge on any atom is -0.309 e. The lowest BCUT2D eigenvalue weighted by Gasteiger charge is -2.30. The molecular weight excluding hydrogens is 266 g/mol. The smallest absolute Gasteiger partial charge is 0.0940 e. The van der Waals surface area contributed by atoms with Gasteiger partial charge in [-0.05, 0) is 38.6 Å². The number of likely N-dealkylation sites (tertiary alicyclic amines) is 1. The molecule has 0 spiro atoms. The van der Waals surface area contributed by atoms with Crippen LogP contribution in [-0.4, -0.2) is 35.6 Å². The standard InChI is InChI=1S/C16H29N3S/c1-4-14(3)17-10-15-11-18-16(20-15)7-9-19-8-5-6-13(2)12-19/h11,13-14,17H,4-10,12H2,1-3H3. The summed E-state index contributed by atoms with van der Waals surface area (Å²) in [5.74, 6) is 0.871. The molecular formula is C16H29N3S. The summed E-state index contributed by atoms with van der Waals surface area (Å²) in [6, 6.07) is 0.593. The van der Waals surface area contributed by atoms with Crippen LogP contribution in [0.15, 0.2) is 6.20 Å². The summed E-state index contributed by atoms with van der Waals surface area (Å²) >= 11 is 1.87. The molecule has 1 aliphatic heterocycles. The second kappa shape index (κ2) is 8.11. The highest BCUT2D eigenvalue weighted by Gasteiger charge is 2.16. The Morgan fingerprint density at radius 1 is 1.55 bits per heavy atom. The van der Waals surface area contributed by atoms with E-state index in [9.17, 15) is 0 Å². The number of hydrogen-bond acceptors (Lipinski definition) is 4. The van der Waals surface area contributed by atoms with Crippen LogP contribution in [0.5, 0.6) is 0 Å². The molecule has 1 fully saturated rings. The molecule has 0 radical (unpaired) electrons. The minimum absolute atomic E-state index is 0.593. The van der Waals surface area contributed by atoms with Crippen LogP contribution in [0.25, 0.3) is 0 Å². The molecule has 1 N–H and O–H groups in total. The molecule has 1 aliphatic rings. The predicted octanol–water partition coefficient (Wildman–Crippen LogP) is 3.31. The first kappa shape index (κ1) is 15.9. The van der Waals surface area contributed by atoms with E-state index in [1.165, 1.54) is 48.8 Å². The second-order valence-corrected chi connectivity index (χ2v) is 7.41. The van der Waals surface area contributed by atoms with Crippen LogP contribution in [0.2, 0.25) is 0 Å². The van der Waals surface area contributed by atoms with E-state index in [0.29, 0.717) is 6.04 Å². The summed E-state index contributed by atoms with van der Waals surface area (Å²) in [5, 5.41) is 4.83. The van der Waals surface area contributed by atoms with Crippen LogP contribution in [0, 0.1) is 5.92 Å². The van der Waals surface area contributed by atoms with Gasteiger partial charge in [-0.2, -0.15) is 0 Å². The van der Waals surface area contributed by atoms with Crippen molar-refractivity contribution >= 4 is 11.3 Å². The lowest BCUT2D eigenvalue weighted by atomic mass is 10.0. The zero-order valence-electron chi connectivity index (χ0n) is 13.2. The molecule has 0 bridgehead atoms. The average Bonchev–Trinajstić information content (AvgIpc) is 2.90. The third kappa shape index (κ3) is 5.15. The van der Waals surface area contributed by atoms with E-state index in [0.717, 1.165) is 18.9 Å². The SMILES string of the molecule is CCC(C)NCc1cnc(CCN2CCCC(C)C2)s1. The van der Waals surface area contributed by atoms with Crippen molar-refractivity contribution in [1.82, 2.24) is 15.2 Å². The van der Waals surface area contributed by atoms with E-state index in [2.05, 4.69) is 36.0 Å². The van der Waals surface area contributed by atoms with Gasteiger partial charge in [0.1, 0.15) is 0 Å². The summed E-state index contributed by atoms with van der Waals surface area (Å²) in [4.78, 5) is 8.55. The highest BCUT2D eigenvalue weighted by molar-refractivity contribution is 7.11. The normalized spacial score (nSPS) is 22.1. The molecule has 0 aromatic carbocycles. The Hall–Kier alpha value is -0.450. The van der Waals surface area contributed by atoms with Crippen molar-refractivity contribution in [2.45, 2.75) is 59.0 Å². The van der Waals surface area contributed by atoms with Gasteiger partial charge in [-0.15, -0.1) is 11.3 Å². The highest BCUT2D eigenvalue weighted by Crippen LogP contribution is 2.18. The van der Waals surface area contributed by atoms with Crippen LogP contribution in [0.3, 0.4) is 0 Å². The van der Waals surface area contributed by atoms with Gasteiger partial charge in [-0.25, -0.2) is 4.98 Å². The van der Waals surface area contributed by atoms with E-state index >= 15 is 0 Å². The third-order valence-corrected chi connectivity index (χ3v) is 5.28. The largest absolute Gasteiger partial charge is 0.309 e. The van der Waals surface area contributed by atoms with Crippen molar-refractivity contribution in [3.05, 3.63) is 16.1 Å². The maximum absolute atomic E-state index is 4.58. The van der Waals surface area contributed by atoms with Crippen molar-refractivity contribution in [1.29, 1.82) is 0 Å². The van der Waals surface area contributed by atoms with Crippen LogP contribution in [-0.2, 0) is 13.0 Å². The number of nitrogens with zero attached hydrogens (tertiary/aromatic N) is 2. The molecule has 20 heavy (non-hydrogen) atoms. The predicted molar refractivity (Wildman–Crippen MR) is 87.2 cm³/mol. The fourth-order valence-electron chi connectivity index (χ4n) is 2.71. The molecule has 1 aromatic heterocycles. The summed E-state index contributed by atoms with van der Waals surface area (Å²) in [5.41, 5.74) is 0. The molecule has 4 heteroatoms. The fraction of sp³-hybridized carbons (Fsp3) is 0.812. The summed E-state index contributed by atoms with van der Waals surface area (Å²) < 4.78 is 0. The van der Waals surface area contributed by atoms with Gasteiger partial charge < -0.3 is 10.2 Å². The Morgan fingerprint density at radius 3 is 3.15 bits per heavy atom. The number of rotatable bonds is 7. The van der Waals surface area contributed by atoms with Gasteiger partial charge in [0.2, 0.25) is 0 Å². The van der Waals surface area contributed by atoms with E-state index in [4.69, 9.17) is 0 Å². The highest BCUT2D eigenvalue weighted by atomic mass is 32.1. The third-order valence-electron chi connectivity index (χ3n) is 4.22. The first-order valence-electron chi connectivity index (χ1n) is 8.06. The molecule has 1 saturated heterocycles. The van der Waals surface area contributed by atoms with E-state index in [1.807, 2.05) is 17.5 Å². The van der Waals surface area contributed by atoms with Gasteiger partial charge in [-0.3, -0.25) is 0 Å². The minimum atomic E-state index is 0.593. The van der Waals surface area contributed by atoms with E-state index in [1.54, 1.807) is 0 Å². The quantitative estimate of drug-likeness (QED) is 0.836. The number of thiazole rings is 1. The summed E-state index contributed by atoms with van der Waals surface area (Å²) in [6.45, 7) is 11.5. The molecule has 3 nitrogen and oxygen atoms in total. The lowest BCUT2D eigenvalue weighted by molar-refractivity contribution is 0.186.